The number of nitrogens with zero attached hydrogens (tertiary/aromatic N) is 1. The fourth-order valence-electron chi connectivity index (χ4n) is 4.29. The first-order chi connectivity index (χ1) is 10.1. The van der Waals surface area contributed by atoms with Crippen LogP contribution in [-0.4, -0.2) is 26.9 Å². The monoisotopic (exact) mass is 298 g/mol. The number of hydrogen-bond acceptors (Lipinski definition) is 1. The van der Waals surface area contributed by atoms with E-state index >= 15 is 0 Å². The van der Waals surface area contributed by atoms with Gasteiger partial charge in [-0.1, -0.05) is 20.8 Å². The molecule has 0 amide bonds. The lowest BCUT2D eigenvalue weighted by molar-refractivity contribution is -0.125. The van der Waals surface area contributed by atoms with E-state index in [0.717, 1.165) is 28.5 Å². The molecule has 2 aliphatic rings. The first-order valence-corrected chi connectivity index (χ1v) is 8.26. The molecular formula is C20H28NO+. The summed E-state index contributed by atoms with van der Waals surface area (Å²) >= 11 is 0. The Balaban J connectivity index is 1.96. The summed E-state index contributed by atoms with van der Waals surface area (Å²) in [6.45, 7) is 6.70. The number of carbonyl (C=O) groups is 1. The summed E-state index contributed by atoms with van der Waals surface area (Å²) in [5, 5.41) is 0. The molecule has 0 aromatic heterocycles. The van der Waals surface area contributed by atoms with Crippen LogP contribution < -0.4 is 4.48 Å². The molecule has 1 aromatic rings. The van der Waals surface area contributed by atoms with Gasteiger partial charge in [-0.15, -0.1) is 0 Å². The van der Waals surface area contributed by atoms with Crippen LogP contribution in [0, 0.1) is 16.7 Å². The number of rotatable bonds is 2. The highest BCUT2D eigenvalue weighted by Gasteiger charge is 2.63. The molecule has 2 unspecified atom stereocenters. The second-order valence-corrected chi connectivity index (χ2v) is 8.68. The smallest absolute Gasteiger partial charge is 0.165 e. The Labute approximate surface area is 134 Å². The van der Waals surface area contributed by atoms with E-state index in [4.69, 9.17) is 0 Å². The topological polar surface area (TPSA) is 17.1 Å². The number of ketones is 1. The average molecular weight is 298 g/mol. The Morgan fingerprint density at radius 3 is 2.14 bits per heavy atom. The van der Waals surface area contributed by atoms with E-state index in [1.165, 1.54) is 5.69 Å². The maximum absolute atomic E-state index is 12.9. The fourth-order valence-corrected chi connectivity index (χ4v) is 4.29. The van der Waals surface area contributed by atoms with E-state index in [9.17, 15) is 4.79 Å². The predicted molar refractivity (Wildman–Crippen MR) is 93.6 cm³/mol. The summed E-state index contributed by atoms with van der Waals surface area (Å²) in [4.78, 5) is 12.9. The molecule has 0 aliphatic heterocycles. The SMILES string of the molecule is CC12CCC(C(=Cc3ccc([N+](C)(C)C)cc3)C1=O)C2(C)C. The van der Waals surface area contributed by atoms with Gasteiger partial charge in [0.05, 0.1) is 21.1 Å². The van der Waals surface area contributed by atoms with E-state index in [0.29, 0.717) is 11.7 Å². The van der Waals surface area contributed by atoms with Gasteiger partial charge in [0.2, 0.25) is 0 Å². The molecule has 2 fully saturated rings. The van der Waals surface area contributed by atoms with E-state index in [2.05, 4.69) is 72.3 Å². The summed E-state index contributed by atoms with van der Waals surface area (Å²) in [5.74, 6) is 0.799. The third-order valence-corrected chi connectivity index (χ3v) is 6.35. The molecule has 0 saturated heterocycles. The first-order valence-electron chi connectivity index (χ1n) is 8.26. The quantitative estimate of drug-likeness (QED) is 0.588. The van der Waals surface area contributed by atoms with Crippen molar-refractivity contribution in [2.45, 2.75) is 33.6 Å². The van der Waals surface area contributed by atoms with Crippen molar-refractivity contribution in [2.24, 2.45) is 16.7 Å². The van der Waals surface area contributed by atoms with Crippen molar-refractivity contribution in [1.29, 1.82) is 0 Å². The highest BCUT2D eigenvalue weighted by atomic mass is 16.1. The molecule has 2 bridgehead atoms. The third-order valence-electron chi connectivity index (χ3n) is 6.35. The molecule has 2 atom stereocenters. The molecule has 1 aromatic carbocycles. The van der Waals surface area contributed by atoms with Crippen LogP contribution >= 0.6 is 0 Å². The molecule has 22 heavy (non-hydrogen) atoms. The lowest BCUT2D eigenvalue weighted by Crippen LogP contribution is -2.34. The molecule has 0 heterocycles. The lowest BCUT2D eigenvalue weighted by Gasteiger charge is -2.31. The van der Waals surface area contributed by atoms with E-state index in [1.54, 1.807) is 0 Å². The molecule has 2 heteroatoms. The van der Waals surface area contributed by atoms with Gasteiger partial charge in [-0.05, 0) is 65.7 Å². The summed E-state index contributed by atoms with van der Waals surface area (Å²) < 4.78 is 0.809. The van der Waals surface area contributed by atoms with E-state index in [1.807, 2.05) is 0 Å². The number of quaternary nitrogens is 1. The van der Waals surface area contributed by atoms with Crippen LogP contribution in [-0.2, 0) is 4.79 Å². The molecular weight excluding hydrogens is 270 g/mol. The number of benzene rings is 1. The van der Waals surface area contributed by atoms with Gasteiger partial charge >= 0.3 is 0 Å². The number of hydrogen-bond donors (Lipinski definition) is 0. The van der Waals surface area contributed by atoms with Crippen LogP contribution in [0.15, 0.2) is 29.8 Å². The highest BCUT2D eigenvalue weighted by molar-refractivity contribution is 6.07. The Hall–Kier alpha value is -1.41. The van der Waals surface area contributed by atoms with Gasteiger partial charge < -0.3 is 0 Å². The Bertz CT molecular complexity index is 645. The predicted octanol–water partition coefficient (Wildman–Crippen LogP) is 4.29. The van der Waals surface area contributed by atoms with Crippen molar-refractivity contribution in [1.82, 2.24) is 4.48 Å². The van der Waals surface area contributed by atoms with Gasteiger partial charge in [-0.25, -0.2) is 0 Å². The van der Waals surface area contributed by atoms with Crippen molar-refractivity contribution >= 4 is 17.5 Å². The molecule has 0 N–H and O–H groups in total. The maximum atomic E-state index is 12.9. The summed E-state index contributed by atoms with van der Waals surface area (Å²) in [6.07, 6.45) is 4.33. The minimum absolute atomic E-state index is 0.0954. The van der Waals surface area contributed by atoms with Crippen LogP contribution in [0.4, 0.5) is 5.69 Å². The van der Waals surface area contributed by atoms with Crippen LogP contribution in [0.1, 0.15) is 39.2 Å². The molecule has 2 aliphatic carbocycles. The second-order valence-electron chi connectivity index (χ2n) is 8.68. The average Bonchev–Trinajstić information content (AvgIpc) is 2.73. The van der Waals surface area contributed by atoms with Gasteiger partial charge in [-0.3, -0.25) is 9.28 Å². The molecule has 0 spiro atoms. The standard InChI is InChI=1S/C20H28NO/c1-19(2)17-11-12-20(19,3)18(22)16(17)13-14-7-9-15(10-8-14)21(4,5)6/h7-10,13,17H,11-12H2,1-6H3/q+1. The van der Waals surface area contributed by atoms with Crippen LogP contribution in [0.25, 0.3) is 6.08 Å². The van der Waals surface area contributed by atoms with Crippen LogP contribution in [0.5, 0.6) is 0 Å². The molecule has 3 rings (SSSR count). The van der Waals surface area contributed by atoms with Crippen molar-refractivity contribution < 1.29 is 4.79 Å². The van der Waals surface area contributed by atoms with Crippen LogP contribution in [0.2, 0.25) is 0 Å². The largest absolute Gasteiger partial charge is 0.298 e. The fraction of sp³-hybridized carbons (Fsp3) is 0.550. The van der Waals surface area contributed by atoms with Gasteiger partial charge in [0.15, 0.2) is 5.78 Å². The van der Waals surface area contributed by atoms with Gasteiger partial charge in [0.25, 0.3) is 0 Å². The van der Waals surface area contributed by atoms with Gasteiger partial charge in [0, 0.05) is 5.41 Å². The lowest BCUT2D eigenvalue weighted by atomic mass is 9.70. The number of Topliss-reactive ketones (excluding diaryl/α,β-unsaturated/α-hetero) is 1. The third kappa shape index (κ3) is 2.00. The number of allylic oxidation sites excluding steroid dienone is 1. The molecule has 0 radical (unpaired) electrons. The molecule has 118 valence electrons. The molecule has 2 nitrogen and oxygen atoms in total. The van der Waals surface area contributed by atoms with Crippen molar-refractivity contribution in [3.63, 3.8) is 0 Å². The number of fused-ring (bicyclic) bond motifs is 2. The minimum Gasteiger partial charge on any atom is -0.298 e. The van der Waals surface area contributed by atoms with Crippen molar-refractivity contribution in [3.8, 4) is 0 Å². The Kier molecular flexibility index (Phi) is 3.20. The Morgan fingerprint density at radius 1 is 1.09 bits per heavy atom. The highest BCUT2D eigenvalue weighted by Crippen LogP contribution is 2.65. The van der Waals surface area contributed by atoms with E-state index in [-0.39, 0.29) is 10.8 Å². The Morgan fingerprint density at radius 2 is 1.68 bits per heavy atom. The zero-order chi connectivity index (χ0) is 16.3. The zero-order valence-corrected chi connectivity index (χ0v) is 14.7. The first kappa shape index (κ1) is 15.5. The normalized spacial score (nSPS) is 32.0. The summed E-state index contributed by atoms with van der Waals surface area (Å²) in [6, 6.07) is 8.61. The summed E-state index contributed by atoms with van der Waals surface area (Å²) in [7, 11) is 6.49. The second kappa shape index (κ2) is 4.55. The number of carbonyl (C=O) groups excluding carboxylic acids is 1. The zero-order valence-electron chi connectivity index (χ0n) is 14.7. The maximum Gasteiger partial charge on any atom is 0.165 e. The van der Waals surface area contributed by atoms with Crippen molar-refractivity contribution in [3.05, 3.63) is 35.4 Å². The summed E-state index contributed by atoms with van der Waals surface area (Å²) in [5.41, 5.74) is 3.40. The molecule has 2 saturated carbocycles. The van der Waals surface area contributed by atoms with Gasteiger partial charge in [0.1, 0.15) is 5.69 Å². The minimum atomic E-state index is -0.161. The van der Waals surface area contributed by atoms with E-state index < -0.39 is 0 Å². The van der Waals surface area contributed by atoms with Crippen molar-refractivity contribution in [2.75, 3.05) is 21.1 Å². The van der Waals surface area contributed by atoms with Crippen LogP contribution in [0.3, 0.4) is 0 Å². The van der Waals surface area contributed by atoms with Gasteiger partial charge in [-0.2, -0.15) is 0 Å².